The second-order valence-electron chi connectivity index (χ2n) is 2.59. The second kappa shape index (κ2) is 4.57. The van der Waals surface area contributed by atoms with Crippen LogP contribution in [0.1, 0.15) is 27.2 Å². The van der Waals surface area contributed by atoms with Gasteiger partial charge in [0, 0.05) is 0 Å². The molecule has 0 aliphatic rings. The smallest absolute Gasteiger partial charge is 0.0517 e. The molecule has 0 rings (SSSR count). The van der Waals surface area contributed by atoms with E-state index >= 15 is 0 Å². The second-order valence-corrected chi connectivity index (χ2v) is 2.59. The van der Waals surface area contributed by atoms with Crippen molar-refractivity contribution in [1.82, 2.24) is 0 Å². The summed E-state index contributed by atoms with van der Waals surface area (Å²) >= 11 is 0. The van der Waals surface area contributed by atoms with Gasteiger partial charge in [-0.3, -0.25) is 0 Å². The summed E-state index contributed by atoms with van der Waals surface area (Å²) in [6.07, 6.45) is 4.82. The molecule has 0 aliphatic heterocycles. The molecule has 54 valence electrons. The van der Waals surface area contributed by atoms with Crippen molar-refractivity contribution in [2.75, 3.05) is 0 Å². The number of aliphatic hydroxyl groups is 1. The van der Waals surface area contributed by atoms with Crippen LogP contribution in [0.25, 0.3) is 0 Å². The van der Waals surface area contributed by atoms with Crippen molar-refractivity contribution in [3.05, 3.63) is 12.2 Å². The lowest BCUT2D eigenvalue weighted by Crippen LogP contribution is -2.04. The summed E-state index contributed by atoms with van der Waals surface area (Å²) in [4.78, 5) is 0. The first-order valence-corrected chi connectivity index (χ1v) is 3.47. The predicted molar refractivity (Wildman–Crippen MR) is 40.3 cm³/mol. The molecular weight excluding hydrogens is 112 g/mol. The van der Waals surface area contributed by atoms with E-state index in [4.69, 9.17) is 5.11 Å². The van der Waals surface area contributed by atoms with Gasteiger partial charge < -0.3 is 5.11 Å². The summed E-state index contributed by atoms with van der Waals surface area (Å²) in [5, 5.41) is 8.92. The van der Waals surface area contributed by atoms with Crippen LogP contribution < -0.4 is 0 Å². The third-order valence-corrected chi connectivity index (χ3v) is 1.23. The van der Waals surface area contributed by atoms with Crippen molar-refractivity contribution >= 4 is 0 Å². The summed E-state index contributed by atoms with van der Waals surface area (Å²) in [5.74, 6) is 0.509. The molecule has 0 aromatic rings. The zero-order chi connectivity index (χ0) is 7.28. The Balaban J connectivity index is 3.38. The number of rotatable bonds is 3. The van der Waals surface area contributed by atoms with Crippen LogP contribution in [-0.2, 0) is 0 Å². The fraction of sp³-hybridized carbons (Fsp3) is 0.750. The fourth-order valence-corrected chi connectivity index (χ4v) is 0.945. The molecule has 0 fully saturated rings. The molecular formula is C8H16O. The van der Waals surface area contributed by atoms with E-state index in [1.165, 1.54) is 0 Å². The Bertz CT molecular complexity index is 84.6. The van der Waals surface area contributed by atoms with Crippen LogP contribution in [0.15, 0.2) is 12.2 Å². The summed E-state index contributed by atoms with van der Waals surface area (Å²) in [5.41, 5.74) is 0. The van der Waals surface area contributed by atoms with E-state index < -0.39 is 0 Å². The largest absolute Gasteiger partial charge is 0.393 e. The molecule has 1 nitrogen and oxygen atoms in total. The van der Waals surface area contributed by atoms with Gasteiger partial charge >= 0.3 is 0 Å². The zero-order valence-electron chi connectivity index (χ0n) is 6.46. The van der Waals surface area contributed by atoms with Gasteiger partial charge in [-0.05, 0) is 26.2 Å². The highest BCUT2D eigenvalue weighted by Crippen LogP contribution is 2.06. The van der Waals surface area contributed by atoms with Gasteiger partial charge in [-0.2, -0.15) is 0 Å². The van der Waals surface area contributed by atoms with Crippen LogP contribution in [0.3, 0.4) is 0 Å². The van der Waals surface area contributed by atoms with Crippen LogP contribution in [0, 0.1) is 5.92 Å². The minimum absolute atomic E-state index is 0.170. The standard InChI is InChI=1S/C8H16O/c1-4-5-7(2)6-8(3)9/h4-5,7-9H,6H2,1-3H3. The first-order valence-electron chi connectivity index (χ1n) is 3.47. The lowest BCUT2D eigenvalue weighted by atomic mass is 10.0. The summed E-state index contributed by atoms with van der Waals surface area (Å²) < 4.78 is 0. The lowest BCUT2D eigenvalue weighted by Gasteiger charge is -2.06. The Morgan fingerprint density at radius 2 is 2.00 bits per heavy atom. The number of allylic oxidation sites excluding steroid dienone is 2. The highest BCUT2D eigenvalue weighted by molar-refractivity contribution is 4.83. The molecule has 0 amide bonds. The molecule has 2 unspecified atom stereocenters. The summed E-state index contributed by atoms with van der Waals surface area (Å²) in [6.45, 7) is 5.92. The zero-order valence-corrected chi connectivity index (χ0v) is 6.46. The first-order chi connectivity index (χ1) is 4.16. The monoisotopic (exact) mass is 128 g/mol. The van der Waals surface area contributed by atoms with Crippen LogP contribution >= 0.6 is 0 Å². The molecule has 0 spiro atoms. The van der Waals surface area contributed by atoms with Gasteiger partial charge in [0.05, 0.1) is 6.10 Å². The molecule has 1 N–H and O–H groups in total. The highest BCUT2D eigenvalue weighted by atomic mass is 16.3. The highest BCUT2D eigenvalue weighted by Gasteiger charge is 2.00. The predicted octanol–water partition coefficient (Wildman–Crippen LogP) is 1.97. The number of aliphatic hydroxyl groups excluding tert-OH is 1. The van der Waals surface area contributed by atoms with Crippen molar-refractivity contribution < 1.29 is 5.11 Å². The molecule has 1 heteroatoms. The van der Waals surface area contributed by atoms with E-state index in [1.54, 1.807) is 0 Å². The summed E-state index contributed by atoms with van der Waals surface area (Å²) in [7, 11) is 0. The van der Waals surface area contributed by atoms with Crippen molar-refractivity contribution in [3.8, 4) is 0 Å². The fourth-order valence-electron chi connectivity index (χ4n) is 0.945. The van der Waals surface area contributed by atoms with Crippen LogP contribution in [0.2, 0.25) is 0 Å². The van der Waals surface area contributed by atoms with Gasteiger partial charge in [-0.25, -0.2) is 0 Å². The van der Waals surface area contributed by atoms with Gasteiger partial charge in [0.25, 0.3) is 0 Å². The molecule has 2 atom stereocenters. The minimum Gasteiger partial charge on any atom is -0.393 e. The van der Waals surface area contributed by atoms with E-state index in [0.717, 1.165) is 6.42 Å². The van der Waals surface area contributed by atoms with E-state index in [0.29, 0.717) is 5.92 Å². The Labute approximate surface area is 57.4 Å². The maximum atomic E-state index is 8.92. The van der Waals surface area contributed by atoms with Crippen molar-refractivity contribution in [2.24, 2.45) is 5.92 Å². The number of hydrogen-bond acceptors (Lipinski definition) is 1. The Hall–Kier alpha value is -0.300. The molecule has 0 aromatic carbocycles. The van der Waals surface area contributed by atoms with Gasteiger partial charge in [-0.15, -0.1) is 0 Å². The quantitative estimate of drug-likeness (QED) is 0.576. The molecule has 0 radical (unpaired) electrons. The Morgan fingerprint density at radius 3 is 2.33 bits per heavy atom. The van der Waals surface area contributed by atoms with Gasteiger partial charge in [-0.1, -0.05) is 19.1 Å². The number of hydrogen-bond donors (Lipinski definition) is 1. The maximum absolute atomic E-state index is 8.92. The van der Waals surface area contributed by atoms with Gasteiger partial charge in [0.15, 0.2) is 0 Å². The van der Waals surface area contributed by atoms with Crippen molar-refractivity contribution in [2.45, 2.75) is 33.3 Å². The SMILES string of the molecule is CC=CC(C)CC(C)O. The molecule has 0 saturated carbocycles. The van der Waals surface area contributed by atoms with Crippen LogP contribution in [0.5, 0.6) is 0 Å². The van der Waals surface area contributed by atoms with E-state index in [-0.39, 0.29) is 6.10 Å². The molecule has 0 bridgehead atoms. The van der Waals surface area contributed by atoms with Crippen molar-refractivity contribution in [3.63, 3.8) is 0 Å². The Kier molecular flexibility index (Phi) is 4.41. The Morgan fingerprint density at radius 1 is 1.44 bits per heavy atom. The van der Waals surface area contributed by atoms with E-state index in [1.807, 2.05) is 19.9 Å². The molecule has 0 aromatic heterocycles. The molecule has 9 heavy (non-hydrogen) atoms. The molecule has 0 aliphatic carbocycles. The summed E-state index contributed by atoms with van der Waals surface area (Å²) in [6, 6.07) is 0. The van der Waals surface area contributed by atoms with Crippen LogP contribution in [-0.4, -0.2) is 11.2 Å². The van der Waals surface area contributed by atoms with E-state index in [2.05, 4.69) is 13.0 Å². The third-order valence-electron chi connectivity index (χ3n) is 1.23. The lowest BCUT2D eigenvalue weighted by molar-refractivity contribution is 0.172. The molecule has 0 saturated heterocycles. The van der Waals surface area contributed by atoms with Gasteiger partial charge in [0.2, 0.25) is 0 Å². The van der Waals surface area contributed by atoms with Crippen LogP contribution in [0.4, 0.5) is 0 Å². The third kappa shape index (κ3) is 5.57. The first kappa shape index (κ1) is 8.70. The van der Waals surface area contributed by atoms with Crippen molar-refractivity contribution in [1.29, 1.82) is 0 Å². The maximum Gasteiger partial charge on any atom is 0.0517 e. The molecule has 0 heterocycles. The average Bonchev–Trinajstić information content (AvgIpc) is 1.63. The van der Waals surface area contributed by atoms with Gasteiger partial charge in [0.1, 0.15) is 0 Å². The normalized spacial score (nSPS) is 18.2. The minimum atomic E-state index is -0.170. The topological polar surface area (TPSA) is 20.2 Å². The van der Waals surface area contributed by atoms with E-state index in [9.17, 15) is 0 Å². The average molecular weight is 128 g/mol.